The van der Waals surface area contributed by atoms with Crippen molar-refractivity contribution in [1.82, 2.24) is 14.8 Å². The molecule has 166 valence electrons. The Morgan fingerprint density at radius 3 is 2.88 bits per heavy atom. The van der Waals surface area contributed by atoms with Crippen LogP contribution in [0.5, 0.6) is 0 Å². The highest BCUT2D eigenvalue weighted by atomic mass is 32.2. The number of aryl methyl sites for hydroxylation is 2. The van der Waals surface area contributed by atoms with Crippen LogP contribution in [0.1, 0.15) is 40.3 Å². The Balaban J connectivity index is 1.51. The fraction of sp³-hybridized carbons (Fsp3) is 0.286. The van der Waals surface area contributed by atoms with Crippen LogP contribution in [0.2, 0.25) is 0 Å². The lowest BCUT2D eigenvalue weighted by Gasteiger charge is -2.18. The Bertz CT molecular complexity index is 1180. The lowest BCUT2D eigenvalue weighted by molar-refractivity contribution is -0.118. The minimum atomic E-state index is -0.684. The first kappa shape index (κ1) is 21.8. The van der Waals surface area contributed by atoms with Crippen molar-refractivity contribution in [3.8, 4) is 0 Å². The van der Waals surface area contributed by atoms with E-state index in [0.717, 1.165) is 17.3 Å². The molecule has 4 rings (SSSR count). The second-order valence-corrected chi connectivity index (χ2v) is 8.22. The number of carbonyl (C=O) groups is 3. The van der Waals surface area contributed by atoms with Crippen LogP contribution < -0.4 is 11.1 Å². The van der Waals surface area contributed by atoms with Crippen LogP contribution in [0.4, 0.5) is 10.1 Å². The molecule has 0 radical (unpaired) electrons. The van der Waals surface area contributed by atoms with Crippen molar-refractivity contribution >= 4 is 35.0 Å². The predicted octanol–water partition coefficient (Wildman–Crippen LogP) is 2.34. The van der Waals surface area contributed by atoms with E-state index in [1.54, 1.807) is 23.0 Å². The van der Waals surface area contributed by atoms with E-state index in [1.807, 2.05) is 0 Å². The molecule has 0 atom stereocenters. The summed E-state index contributed by atoms with van der Waals surface area (Å²) in [6, 6.07) is 6.23. The first-order valence-corrected chi connectivity index (χ1v) is 10.9. The summed E-state index contributed by atoms with van der Waals surface area (Å²) in [5.74, 6) is -0.592. The number of carbonyl (C=O) groups excluding carboxylic acids is 3. The topological polar surface area (TPSA) is 133 Å². The SMILES string of the molecule is NC(=O)CCc1nnc(SCC(=O)c2cc3c(cc2F)NC(=O)CC3)n1Cc1ccco1. The molecule has 2 amide bonds. The van der Waals surface area contributed by atoms with Crippen molar-refractivity contribution in [2.75, 3.05) is 11.1 Å². The highest BCUT2D eigenvalue weighted by Crippen LogP contribution is 2.28. The molecule has 3 N–H and O–H groups in total. The number of ketones is 1. The molecule has 0 fully saturated rings. The number of fused-ring (bicyclic) bond motifs is 1. The van der Waals surface area contributed by atoms with Gasteiger partial charge >= 0.3 is 0 Å². The van der Waals surface area contributed by atoms with E-state index in [0.29, 0.717) is 48.2 Å². The first-order chi connectivity index (χ1) is 15.4. The lowest BCUT2D eigenvalue weighted by Crippen LogP contribution is -2.20. The molecule has 3 heterocycles. The number of hydrogen-bond donors (Lipinski definition) is 2. The number of primary amides is 1. The molecule has 0 saturated heterocycles. The molecular weight excluding hydrogens is 437 g/mol. The highest BCUT2D eigenvalue weighted by Gasteiger charge is 2.22. The minimum Gasteiger partial charge on any atom is -0.467 e. The van der Waals surface area contributed by atoms with E-state index in [1.165, 1.54) is 12.1 Å². The maximum absolute atomic E-state index is 14.5. The molecule has 11 heteroatoms. The first-order valence-electron chi connectivity index (χ1n) is 9.91. The number of nitrogens with one attached hydrogen (secondary N) is 1. The van der Waals surface area contributed by atoms with Crippen LogP contribution in [0, 0.1) is 5.82 Å². The molecule has 1 aromatic carbocycles. The second-order valence-electron chi connectivity index (χ2n) is 7.28. The molecule has 0 unspecified atom stereocenters. The summed E-state index contributed by atoms with van der Waals surface area (Å²) in [6.07, 6.45) is 2.69. The van der Waals surface area contributed by atoms with Gasteiger partial charge < -0.3 is 15.5 Å². The molecule has 1 aliphatic heterocycles. The zero-order valence-electron chi connectivity index (χ0n) is 17.0. The molecule has 0 spiro atoms. The normalized spacial score (nSPS) is 13.0. The maximum atomic E-state index is 14.5. The molecule has 32 heavy (non-hydrogen) atoms. The number of thioether (sulfide) groups is 1. The summed E-state index contributed by atoms with van der Waals surface area (Å²) in [4.78, 5) is 35.4. The highest BCUT2D eigenvalue weighted by molar-refractivity contribution is 7.99. The molecule has 3 aromatic rings. The second kappa shape index (κ2) is 9.35. The van der Waals surface area contributed by atoms with Gasteiger partial charge in [0.1, 0.15) is 17.4 Å². The quantitative estimate of drug-likeness (QED) is 0.372. The van der Waals surface area contributed by atoms with Gasteiger partial charge in [-0.3, -0.25) is 19.0 Å². The van der Waals surface area contributed by atoms with E-state index in [4.69, 9.17) is 10.2 Å². The van der Waals surface area contributed by atoms with Crippen molar-refractivity contribution < 1.29 is 23.2 Å². The van der Waals surface area contributed by atoms with Crippen LogP contribution in [0.15, 0.2) is 40.1 Å². The number of amides is 2. The van der Waals surface area contributed by atoms with E-state index >= 15 is 0 Å². The summed E-state index contributed by atoms with van der Waals surface area (Å²) >= 11 is 1.12. The number of furan rings is 1. The number of aromatic nitrogens is 3. The molecule has 0 aliphatic carbocycles. The fourth-order valence-corrected chi connectivity index (χ4v) is 4.23. The Labute approximate surface area is 186 Å². The zero-order valence-corrected chi connectivity index (χ0v) is 17.8. The zero-order chi connectivity index (χ0) is 22.7. The summed E-state index contributed by atoms with van der Waals surface area (Å²) in [5, 5.41) is 11.3. The third kappa shape index (κ3) is 4.88. The van der Waals surface area contributed by atoms with Crippen molar-refractivity contribution in [2.45, 2.75) is 37.4 Å². The van der Waals surface area contributed by atoms with Crippen molar-refractivity contribution in [1.29, 1.82) is 0 Å². The van der Waals surface area contributed by atoms with Gasteiger partial charge in [-0.15, -0.1) is 10.2 Å². The van der Waals surface area contributed by atoms with Crippen LogP contribution in [0.25, 0.3) is 0 Å². The van der Waals surface area contributed by atoms with E-state index in [-0.39, 0.29) is 23.6 Å². The van der Waals surface area contributed by atoms with Gasteiger partial charge in [-0.25, -0.2) is 4.39 Å². The van der Waals surface area contributed by atoms with Crippen molar-refractivity contribution in [2.24, 2.45) is 5.73 Å². The van der Waals surface area contributed by atoms with Crippen molar-refractivity contribution in [3.63, 3.8) is 0 Å². The fourth-order valence-electron chi connectivity index (χ4n) is 3.39. The smallest absolute Gasteiger partial charge is 0.224 e. The Morgan fingerprint density at radius 1 is 1.28 bits per heavy atom. The number of anilines is 1. The summed E-state index contributed by atoms with van der Waals surface area (Å²) in [6.45, 7) is 0.317. The van der Waals surface area contributed by atoms with Crippen LogP contribution in [-0.4, -0.2) is 38.1 Å². The number of hydrogen-bond acceptors (Lipinski definition) is 7. The molecular formula is C21H20FN5O4S. The average molecular weight is 457 g/mol. The van der Waals surface area contributed by atoms with Crippen molar-refractivity contribution in [3.05, 3.63) is 59.1 Å². The number of benzene rings is 1. The molecule has 2 aromatic heterocycles. The third-order valence-corrected chi connectivity index (χ3v) is 5.97. The number of nitrogens with two attached hydrogens (primary N) is 1. The molecule has 0 bridgehead atoms. The van der Waals surface area contributed by atoms with Crippen LogP contribution in [0.3, 0.4) is 0 Å². The summed E-state index contributed by atoms with van der Waals surface area (Å²) in [7, 11) is 0. The molecule has 0 saturated carbocycles. The van der Waals surface area contributed by atoms with Crippen LogP contribution >= 0.6 is 11.8 Å². The summed E-state index contributed by atoms with van der Waals surface area (Å²) < 4.78 is 21.7. The average Bonchev–Trinajstić information content (AvgIpc) is 3.40. The Kier molecular flexibility index (Phi) is 6.35. The van der Waals surface area contributed by atoms with Gasteiger partial charge in [0.15, 0.2) is 10.9 Å². The summed E-state index contributed by atoms with van der Waals surface area (Å²) in [5.41, 5.74) is 6.35. The van der Waals surface area contributed by atoms with Gasteiger partial charge in [0.25, 0.3) is 0 Å². The predicted molar refractivity (Wildman–Crippen MR) is 114 cm³/mol. The van der Waals surface area contributed by atoms with Crippen LogP contribution in [-0.2, 0) is 29.0 Å². The Hall–Kier alpha value is -3.47. The van der Waals surface area contributed by atoms with Gasteiger partial charge in [-0.05, 0) is 36.2 Å². The maximum Gasteiger partial charge on any atom is 0.224 e. The van der Waals surface area contributed by atoms with Gasteiger partial charge in [0.05, 0.1) is 24.1 Å². The largest absolute Gasteiger partial charge is 0.467 e. The van der Waals surface area contributed by atoms with Gasteiger partial charge in [0.2, 0.25) is 11.8 Å². The number of nitrogens with zero attached hydrogens (tertiary/aromatic N) is 3. The van der Waals surface area contributed by atoms with Gasteiger partial charge in [-0.1, -0.05) is 11.8 Å². The Morgan fingerprint density at radius 2 is 2.12 bits per heavy atom. The number of Topliss-reactive ketones (excluding diaryl/α,β-unsaturated/α-hetero) is 1. The van der Waals surface area contributed by atoms with E-state index in [2.05, 4.69) is 15.5 Å². The van der Waals surface area contributed by atoms with Gasteiger partial charge in [-0.2, -0.15) is 0 Å². The standard InChI is InChI=1S/C21H20FN5O4S/c22-15-9-16-12(3-6-20(30)24-16)8-14(15)17(28)11-32-21-26-25-19(5-4-18(23)29)27(21)10-13-2-1-7-31-13/h1-2,7-9H,3-6,10-11H2,(H2,23,29)(H,24,30). The molecule has 1 aliphatic rings. The minimum absolute atomic E-state index is 0.0292. The third-order valence-electron chi connectivity index (χ3n) is 5.00. The number of halogens is 1. The molecule has 9 nitrogen and oxygen atoms in total. The van der Waals surface area contributed by atoms with E-state index in [9.17, 15) is 18.8 Å². The van der Waals surface area contributed by atoms with Gasteiger partial charge in [0, 0.05) is 24.9 Å². The van der Waals surface area contributed by atoms with E-state index < -0.39 is 17.5 Å². The number of rotatable bonds is 9. The lowest BCUT2D eigenvalue weighted by atomic mass is 9.98. The monoisotopic (exact) mass is 457 g/mol.